The summed E-state index contributed by atoms with van der Waals surface area (Å²) in [5.41, 5.74) is 0. The van der Waals surface area contributed by atoms with Crippen molar-refractivity contribution in [2.75, 3.05) is 37.0 Å². The number of nitrogens with zero attached hydrogens (tertiary/aromatic N) is 4. The van der Waals surface area contributed by atoms with Gasteiger partial charge >= 0.3 is 6.01 Å². The van der Waals surface area contributed by atoms with E-state index in [9.17, 15) is 0 Å². The van der Waals surface area contributed by atoms with Crippen LogP contribution >= 0.6 is 0 Å². The van der Waals surface area contributed by atoms with Crippen LogP contribution in [0.5, 0.6) is 6.01 Å². The first-order valence-corrected chi connectivity index (χ1v) is 7.70. The van der Waals surface area contributed by atoms with Crippen LogP contribution in [0.2, 0.25) is 0 Å². The van der Waals surface area contributed by atoms with Crippen molar-refractivity contribution in [2.45, 2.75) is 45.1 Å². The molecule has 1 fully saturated rings. The topological polar surface area (TPSA) is 83.4 Å². The van der Waals surface area contributed by atoms with E-state index in [-0.39, 0.29) is 6.61 Å². The van der Waals surface area contributed by atoms with Crippen LogP contribution in [0.15, 0.2) is 0 Å². The van der Waals surface area contributed by atoms with Crippen LogP contribution in [-0.4, -0.2) is 52.9 Å². The molecular formula is C14H25N5O2. The third kappa shape index (κ3) is 4.17. The molecule has 0 aliphatic carbocycles. The van der Waals surface area contributed by atoms with Gasteiger partial charge in [-0.25, -0.2) is 0 Å². The molecular weight excluding hydrogens is 270 g/mol. The molecule has 0 aromatic carbocycles. The van der Waals surface area contributed by atoms with Crippen molar-refractivity contribution in [1.29, 1.82) is 0 Å². The Labute approximate surface area is 125 Å². The van der Waals surface area contributed by atoms with E-state index in [2.05, 4.69) is 32.1 Å². The summed E-state index contributed by atoms with van der Waals surface area (Å²) in [5, 5.41) is 12.2. The van der Waals surface area contributed by atoms with Crippen molar-refractivity contribution in [3.8, 4) is 6.01 Å². The second kappa shape index (κ2) is 7.97. The van der Waals surface area contributed by atoms with Gasteiger partial charge in [-0.15, -0.1) is 0 Å². The molecule has 0 amide bonds. The van der Waals surface area contributed by atoms with Gasteiger partial charge < -0.3 is 20.1 Å². The van der Waals surface area contributed by atoms with Gasteiger partial charge in [-0.3, -0.25) is 0 Å². The molecule has 2 N–H and O–H groups in total. The van der Waals surface area contributed by atoms with E-state index in [0.717, 1.165) is 45.2 Å². The summed E-state index contributed by atoms with van der Waals surface area (Å²) in [7, 11) is 1.57. The van der Waals surface area contributed by atoms with Crippen molar-refractivity contribution in [2.24, 2.45) is 0 Å². The number of hydrogen-bond donors (Lipinski definition) is 2. The standard InChI is InChI=1S/C14H25N5O2/c1-3-8-15-12-16-13(18-14(17-12)21-2)19-9-4-6-11(19)7-5-10-20/h11,20H,3-10H2,1-2H3,(H,15,16,17,18). The molecule has 2 rings (SSSR count). The highest BCUT2D eigenvalue weighted by Gasteiger charge is 2.27. The quantitative estimate of drug-likeness (QED) is 0.751. The molecule has 7 heteroatoms. The molecule has 1 aromatic rings. The smallest absolute Gasteiger partial charge is 0.322 e. The number of nitrogens with one attached hydrogen (secondary N) is 1. The van der Waals surface area contributed by atoms with Gasteiger partial charge in [0, 0.05) is 25.7 Å². The van der Waals surface area contributed by atoms with Gasteiger partial charge in [0.05, 0.1) is 7.11 Å². The van der Waals surface area contributed by atoms with Crippen molar-refractivity contribution in [1.82, 2.24) is 15.0 Å². The van der Waals surface area contributed by atoms with E-state index in [4.69, 9.17) is 9.84 Å². The number of aliphatic hydroxyl groups excluding tert-OH is 1. The lowest BCUT2D eigenvalue weighted by atomic mass is 10.1. The molecule has 0 spiro atoms. The maximum atomic E-state index is 9.02. The Hall–Kier alpha value is -1.63. The molecule has 1 aliphatic rings. The number of ether oxygens (including phenoxy) is 1. The third-order valence-electron chi connectivity index (χ3n) is 3.65. The average molecular weight is 295 g/mol. The Morgan fingerprint density at radius 3 is 2.95 bits per heavy atom. The van der Waals surface area contributed by atoms with Crippen LogP contribution < -0.4 is 15.0 Å². The third-order valence-corrected chi connectivity index (χ3v) is 3.65. The Morgan fingerprint density at radius 2 is 2.24 bits per heavy atom. The monoisotopic (exact) mass is 295 g/mol. The number of rotatable bonds is 8. The van der Waals surface area contributed by atoms with Gasteiger partial charge in [0.25, 0.3) is 0 Å². The highest BCUT2D eigenvalue weighted by Crippen LogP contribution is 2.27. The summed E-state index contributed by atoms with van der Waals surface area (Å²) in [5.74, 6) is 1.23. The van der Waals surface area contributed by atoms with Crippen LogP contribution in [0.3, 0.4) is 0 Å². The van der Waals surface area contributed by atoms with E-state index in [0.29, 0.717) is 23.9 Å². The predicted molar refractivity (Wildman–Crippen MR) is 81.8 cm³/mol. The summed E-state index contributed by atoms with van der Waals surface area (Å²) in [6.07, 6.45) is 5.02. The summed E-state index contributed by atoms with van der Waals surface area (Å²) in [4.78, 5) is 15.3. The Bertz CT molecular complexity index is 443. The van der Waals surface area contributed by atoms with Gasteiger partial charge in [0.1, 0.15) is 0 Å². The fourth-order valence-electron chi connectivity index (χ4n) is 2.61. The maximum Gasteiger partial charge on any atom is 0.322 e. The summed E-state index contributed by atoms with van der Waals surface area (Å²) in [6, 6.07) is 0.731. The summed E-state index contributed by atoms with van der Waals surface area (Å²) >= 11 is 0. The zero-order chi connectivity index (χ0) is 15.1. The molecule has 0 bridgehead atoms. The van der Waals surface area contributed by atoms with Crippen LogP contribution in [0.1, 0.15) is 39.0 Å². The largest absolute Gasteiger partial charge is 0.467 e. The lowest BCUT2D eigenvalue weighted by Crippen LogP contribution is -2.31. The minimum absolute atomic E-state index is 0.230. The van der Waals surface area contributed by atoms with Gasteiger partial charge in [-0.1, -0.05) is 6.92 Å². The van der Waals surface area contributed by atoms with Gasteiger partial charge in [0.15, 0.2) is 0 Å². The SMILES string of the molecule is CCCNc1nc(OC)nc(N2CCCC2CCCO)n1. The van der Waals surface area contributed by atoms with E-state index in [1.54, 1.807) is 7.11 Å². The molecule has 1 aromatic heterocycles. The van der Waals surface area contributed by atoms with Crippen LogP contribution in [0.4, 0.5) is 11.9 Å². The van der Waals surface area contributed by atoms with Crippen molar-refractivity contribution >= 4 is 11.9 Å². The molecule has 21 heavy (non-hydrogen) atoms. The molecule has 2 heterocycles. The van der Waals surface area contributed by atoms with Crippen LogP contribution in [0.25, 0.3) is 0 Å². The number of hydrogen-bond acceptors (Lipinski definition) is 7. The van der Waals surface area contributed by atoms with E-state index < -0.39 is 0 Å². The second-order valence-electron chi connectivity index (χ2n) is 5.23. The number of anilines is 2. The Balaban J connectivity index is 2.16. The number of methoxy groups -OCH3 is 1. The molecule has 118 valence electrons. The van der Waals surface area contributed by atoms with Crippen LogP contribution in [0, 0.1) is 0 Å². The minimum atomic E-state index is 0.230. The first kappa shape index (κ1) is 15.8. The second-order valence-corrected chi connectivity index (χ2v) is 5.23. The normalized spacial score (nSPS) is 18.0. The predicted octanol–water partition coefficient (Wildman–Crippen LogP) is 1.44. The van der Waals surface area contributed by atoms with E-state index in [1.165, 1.54) is 0 Å². The number of aliphatic hydroxyl groups is 1. The van der Waals surface area contributed by atoms with Crippen LogP contribution in [-0.2, 0) is 0 Å². The van der Waals surface area contributed by atoms with Crippen molar-refractivity contribution in [3.05, 3.63) is 0 Å². The molecule has 1 unspecified atom stereocenters. The fourth-order valence-corrected chi connectivity index (χ4v) is 2.61. The van der Waals surface area contributed by atoms with Gasteiger partial charge in [-0.2, -0.15) is 15.0 Å². The maximum absolute atomic E-state index is 9.02. The zero-order valence-corrected chi connectivity index (χ0v) is 12.9. The van der Waals surface area contributed by atoms with E-state index >= 15 is 0 Å². The first-order valence-electron chi connectivity index (χ1n) is 7.70. The molecule has 0 saturated carbocycles. The molecule has 0 radical (unpaired) electrons. The molecule has 7 nitrogen and oxygen atoms in total. The van der Waals surface area contributed by atoms with Crippen molar-refractivity contribution in [3.63, 3.8) is 0 Å². The number of aromatic nitrogens is 3. The average Bonchev–Trinajstić information content (AvgIpc) is 2.99. The van der Waals surface area contributed by atoms with Gasteiger partial charge in [0.2, 0.25) is 11.9 Å². The summed E-state index contributed by atoms with van der Waals surface area (Å²) < 4.78 is 5.18. The molecule has 1 atom stereocenters. The lowest BCUT2D eigenvalue weighted by Gasteiger charge is -2.24. The van der Waals surface area contributed by atoms with Crippen molar-refractivity contribution < 1.29 is 9.84 Å². The molecule has 1 saturated heterocycles. The highest BCUT2D eigenvalue weighted by atomic mass is 16.5. The fraction of sp³-hybridized carbons (Fsp3) is 0.786. The highest BCUT2D eigenvalue weighted by molar-refractivity contribution is 5.40. The minimum Gasteiger partial charge on any atom is -0.467 e. The Morgan fingerprint density at radius 1 is 1.38 bits per heavy atom. The van der Waals surface area contributed by atoms with E-state index in [1.807, 2.05) is 0 Å². The van der Waals surface area contributed by atoms with Gasteiger partial charge in [-0.05, 0) is 32.1 Å². The molecule has 1 aliphatic heterocycles. The summed E-state index contributed by atoms with van der Waals surface area (Å²) in [6.45, 7) is 4.09. The zero-order valence-electron chi connectivity index (χ0n) is 12.9. The lowest BCUT2D eigenvalue weighted by molar-refractivity contribution is 0.279. The first-order chi connectivity index (χ1) is 10.3. The Kier molecular flexibility index (Phi) is 5.98.